The van der Waals surface area contributed by atoms with E-state index in [2.05, 4.69) is 10.3 Å². The molecule has 3 N–H and O–H groups in total. The van der Waals surface area contributed by atoms with E-state index in [9.17, 15) is 18.3 Å². The van der Waals surface area contributed by atoms with Crippen LogP contribution in [0.3, 0.4) is 0 Å². The lowest BCUT2D eigenvalue weighted by atomic mass is 10.0. The standard InChI is InChI=1S/C16H13F3N2O2/c1-20-15-12(9-3-2-4-11(7-9)16(17,18)19)13(22)14(23-15)10-5-6-21-8-10/h2-8,20-22H,1H3. The largest absolute Gasteiger partial charge is 0.504 e. The third-order valence-corrected chi connectivity index (χ3v) is 3.45. The zero-order valence-corrected chi connectivity index (χ0v) is 12.0. The van der Waals surface area contributed by atoms with Crippen molar-refractivity contribution >= 4 is 5.88 Å². The molecular weight excluding hydrogens is 309 g/mol. The van der Waals surface area contributed by atoms with Gasteiger partial charge in [-0.2, -0.15) is 13.2 Å². The molecule has 0 aliphatic heterocycles. The van der Waals surface area contributed by atoms with E-state index in [-0.39, 0.29) is 28.5 Å². The Bertz CT molecular complexity index is 820. The summed E-state index contributed by atoms with van der Waals surface area (Å²) in [6, 6.07) is 6.43. The van der Waals surface area contributed by atoms with Crippen LogP contribution in [0.1, 0.15) is 5.56 Å². The predicted molar refractivity (Wildman–Crippen MR) is 80.1 cm³/mol. The molecule has 2 heterocycles. The van der Waals surface area contributed by atoms with Crippen LogP contribution in [0.4, 0.5) is 19.1 Å². The molecular formula is C16H13F3N2O2. The SMILES string of the molecule is CNc1oc(-c2cc[nH]c2)c(O)c1-c1cccc(C(F)(F)F)c1. The van der Waals surface area contributed by atoms with Crippen LogP contribution in [-0.2, 0) is 6.18 Å². The number of aromatic nitrogens is 1. The summed E-state index contributed by atoms with van der Waals surface area (Å²) >= 11 is 0. The number of hydrogen-bond donors (Lipinski definition) is 3. The monoisotopic (exact) mass is 322 g/mol. The van der Waals surface area contributed by atoms with Gasteiger partial charge in [0.05, 0.1) is 11.1 Å². The van der Waals surface area contributed by atoms with E-state index in [1.165, 1.54) is 12.1 Å². The molecule has 3 aromatic rings. The summed E-state index contributed by atoms with van der Waals surface area (Å²) in [5.41, 5.74) is 0.208. The second kappa shape index (κ2) is 5.42. The Morgan fingerprint density at radius 2 is 1.96 bits per heavy atom. The van der Waals surface area contributed by atoms with Crippen LogP contribution in [0.5, 0.6) is 5.75 Å². The maximum absolute atomic E-state index is 12.9. The molecule has 0 unspecified atom stereocenters. The van der Waals surface area contributed by atoms with Gasteiger partial charge in [-0.1, -0.05) is 12.1 Å². The second-order valence-corrected chi connectivity index (χ2v) is 4.91. The van der Waals surface area contributed by atoms with Gasteiger partial charge in [0.2, 0.25) is 5.88 Å². The molecule has 1 aromatic carbocycles. The lowest BCUT2D eigenvalue weighted by Gasteiger charge is -2.09. The maximum atomic E-state index is 12.9. The first-order valence-electron chi connectivity index (χ1n) is 6.76. The molecule has 23 heavy (non-hydrogen) atoms. The highest BCUT2D eigenvalue weighted by atomic mass is 19.4. The van der Waals surface area contributed by atoms with E-state index in [1.807, 2.05) is 0 Å². The Hall–Kier alpha value is -2.83. The normalized spacial score (nSPS) is 11.7. The van der Waals surface area contributed by atoms with Crippen LogP contribution >= 0.6 is 0 Å². The van der Waals surface area contributed by atoms with Gasteiger partial charge >= 0.3 is 6.18 Å². The number of aromatic amines is 1. The van der Waals surface area contributed by atoms with Crippen molar-refractivity contribution in [3.63, 3.8) is 0 Å². The van der Waals surface area contributed by atoms with E-state index in [0.717, 1.165) is 12.1 Å². The smallest absolute Gasteiger partial charge is 0.416 e. The number of alkyl halides is 3. The van der Waals surface area contributed by atoms with Crippen molar-refractivity contribution in [2.24, 2.45) is 0 Å². The van der Waals surface area contributed by atoms with E-state index >= 15 is 0 Å². The summed E-state index contributed by atoms with van der Waals surface area (Å²) in [6.07, 6.45) is -1.19. The minimum absolute atomic E-state index is 0.183. The van der Waals surface area contributed by atoms with Gasteiger partial charge in [-0.05, 0) is 23.8 Å². The zero-order chi connectivity index (χ0) is 16.6. The van der Waals surface area contributed by atoms with Gasteiger partial charge in [-0.25, -0.2) is 0 Å². The van der Waals surface area contributed by atoms with Gasteiger partial charge in [0.1, 0.15) is 0 Å². The number of aromatic hydroxyl groups is 1. The number of anilines is 1. The molecule has 0 saturated heterocycles. The Balaban J connectivity index is 2.17. The Morgan fingerprint density at radius 3 is 2.57 bits per heavy atom. The molecule has 0 aliphatic rings. The van der Waals surface area contributed by atoms with Crippen LogP contribution in [0, 0.1) is 0 Å². The Labute approximate surface area is 129 Å². The van der Waals surface area contributed by atoms with E-state index in [1.54, 1.807) is 25.5 Å². The number of H-pyrrole nitrogens is 1. The van der Waals surface area contributed by atoms with Crippen LogP contribution < -0.4 is 5.32 Å². The summed E-state index contributed by atoms with van der Waals surface area (Å²) < 4.78 is 44.2. The molecule has 3 rings (SSSR count). The van der Waals surface area contributed by atoms with Gasteiger partial charge in [-0.3, -0.25) is 0 Å². The predicted octanol–water partition coefficient (Wildman–Crippen LogP) is 4.71. The molecule has 0 saturated carbocycles. The van der Waals surface area contributed by atoms with Crippen molar-refractivity contribution in [1.82, 2.24) is 4.98 Å². The van der Waals surface area contributed by atoms with Gasteiger partial charge in [0, 0.05) is 25.0 Å². The molecule has 0 spiro atoms. The van der Waals surface area contributed by atoms with Gasteiger partial charge in [-0.15, -0.1) is 0 Å². The Morgan fingerprint density at radius 1 is 1.17 bits per heavy atom. The number of benzene rings is 1. The first-order valence-corrected chi connectivity index (χ1v) is 6.76. The van der Waals surface area contributed by atoms with Gasteiger partial charge in [0.25, 0.3) is 0 Å². The molecule has 120 valence electrons. The molecule has 0 aliphatic carbocycles. The first-order chi connectivity index (χ1) is 10.9. The number of hydrogen-bond acceptors (Lipinski definition) is 3. The van der Waals surface area contributed by atoms with Crippen LogP contribution in [-0.4, -0.2) is 17.1 Å². The molecule has 0 bridgehead atoms. The quantitative estimate of drug-likeness (QED) is 0.654. The fourth-order valence-corrected chi connectivity index (χ4v) is 2.38. The summed E-state index contributed by atoms with van der Waals surface area (Å²) in [5, 5.41) is 13.2. The summed E-state index contributed by atoms with van der Waals surface area (Å²) in [5.74, 6) is 0.161. The number of furan rings is 1. The highest BCUT2D eigenvalue weighted by Gasteiger charge is 2.31. The maximum Gasteiger partial charge on any atom is 0.416 e. The van der Waals surface area contributed by atoms with Gasteiger partial charge in [0.15, 0.2) is 11.5 Å². The van der Waals surface area contributed by atoms with Crippen LogP contribution in [0.25, 0.3) is 22.5 Å². The highest BCUT2D eigenvalue weighted by molar-refractivity contribution is 5.87. The minimum Gasteiger partial charge on any atom is -0.504 e. The number of nitrogens with one attached hydrogen (secondary N) is 2. The van der Waals surface area contributed by atoms with Crippen molar-refractivity contribution in [1.29, 1.82) is 0 Å². The van der Waals surface area contributed by atoms with Crippen molar-refractivity contribution in [3.05, 3.63) is 48.3 Å². The van der Waals surface area contributed by atoms with E-state index < -0.39 is 11.7 Å². The van der Waals surface area contributed by atoms with Crippen molar-refractivity contribution in [2.75, 3.05) is 12.4 Å². The molecule has 4 nitrogen and oxygen atoms in total. The Kier molecular flexibility index (Phi) is 3.55. The average molecular weight is 322 g/mol. The molecule has 0 amide bonds. The van der Waals surface area contributed by atoms with Gasteiger partial charge < -0.3 is 19.8 Å². The third-order valence-electron chi connectivity index (χ3n) is 3.45. The minimum atomic E-state index is -4.46. The lowest BCUT2D eigenvalue weighted by molar-refractivity contribution is -0.137. The van der Waals surface area contributed by atoms with Crippen LogP contribution in [0.15, 0.2) is 47.1 Å². The fraction of sp³-hybridized carbons (Fsp3) is 0.125. The third kappa shape index (κ3) is 2.65. The van der Waals surface area contributed by atoms with E-state index in [4.69, 9.17) is 4.42 Å². The van der Waals surface area contributed by atoms with Crippen molar-refractivity contribution in [2.45, 2.75) is 6.18 Å². The summed E-state index contributed by atoms with van der Waals surface area (Å²) in [6.45, 7) is 0. The van der Waals surface area contributed by atoms with Crippen LogP contribution in [0.2, 0.25) is 0 Å². The molecule has 2 aromatic heterocycles. The van der Waals surface area contributed by atoms with Crippen molar-refractivity contribution in [3.8, 4) is 28.2 Å². The summed E-state index contributed by atoms with van der Waals surface area (Å²) in [4.78, 5) is 2.83. The second-order valence-electron chi connectivity index (χ2n) is 4.91. The molecule has 0 radical (unpaired) electrons. The molecule has 0 fully saturated rings. The highest BCUT2D eigenvalue weighted by Crippen LogP contribution is 2.46. The van der Waals surface area contributed by atoms with E-state index in [0.29, 0.717) is 5.56 Å². The molecule has 7 heteroatoms. The lowest BCUT2D eigenvalue weighted by Crippen LogP contribution is -2.04. The first kappa shape index (κ1) is 15.1. The summed E-state index contributed by atoms with van der Waals surface area (Å²) in [7, 11) is 1.57. The number of rotatable bonds is 3. The average Bonchev–Trinajstić information content (AvgIpc) is 3.13. The topological polar surface area (TPSA) is 61.2 Å². The number of halogens is 3. The fourth-order valence-electron chi connectivity index (χ4n) is 2.38. The zero-order valence-electron chi connectivity index (χ0n) is 12.0. The molecule has 0 atom stereocenters. The van der Waals surface area contributed by atoms with Crippen molar-refractivity contribution < 1.29 is 22.7 Å².